The van der Waals surface area contributed by atoms with E-state index in [0.717, 1.165) is 5.56 Å². The smallest absolute Gasteiger partial charge is 0.275 e. The van der Waals surface area contributed by atoms with Gasteiger partial charge in [-0.3, -0.25) is 20.0 Å². The summed E-state index contributed by atoms with van der Waals surface area (Å²) in [6.45, 7) is 1.80. The van der Waals surface area contributed by atoms with Crippen LogP contribution in [0.3, 0.4) is 0 Å². The molecule has 0 atom stereocenters. The highest BCUT2D eigenvalue weighted by Crippen LogP contribution is 2.31. The van der Waals surface area contributed by atoms with E-state index >= 15 is 0 Å². The topological polar surface area (TPSA) is 110 Å². The quantitative estimate of drug-likeness (QED) is 0.262. The van der Waals surface area contributed by atoms with Crippen LogP contribution in [0, 0.1) is 22.9 Å². The van der Waals surface area contributed by atoms with Crippen LogP contribution in [-0.2, 0) is 0 Å². The van der Waals surface area contributed by atoms with Crippen LogP contribution < -0.4 is 10.1 Å². The predicted molar refractivity (Wildman–Crippen MR) is 121 cm³/mol. The van der Waals surface area contributed by atoms with Crippen molar-refractivity contribution in [2.45, 2.75) is 6.92 Å². The van der Waals surface area contributed by atoms with E-state index in [-0.39, 0.29) is 28.6 Å². The van der Waals surface area contributed by atoms with Gasteiger partial charge in [-0.25, -0.2) is 4.39 Å². The Morgan fingerprint density at radius 2 is 1.85 bits per heavy atom. The number of benzene rings is 3. The first-order valence-electron chi connectivity index (χ1n) is 9.65. The van der Waals surface area contributed by atoms with Crippen molar-refractivity contribution in [2.75, 3.05) is 5.32 Å². The zero-order valence-electron chi connectivity index (χ0n) is 17.1. The molecule has 0 fully saturated rings. The number of ether oxygens (including phenoxy) is 1. The molecular formula is C23H16ClFN4O4. The van der Waals surface area contributed by atoms with E-state index < -0.39 is 10.8 Å². The molecule has 0 radical (unpaired) electrons. The summed E-state index contributed by atoms with van der Waals surface area (Å²) in [4.78, 5) is 23.5. The minimum absolute atomic E-state index is 0.122. The Hall–Kier alpha value is -4.24. The number of non-ortho nitro benzene ring substituents is 1. The molecule has 4 aromatic rings. The van der Waals surface area contributed by atoms with E-state index in [0.29, 0.717) is 22.0 Å². The van der Waals surface area contributed by atoms with Crippen LogP contribution in [-0.4, -0.2) is 21.0 Å². The van der Waals surface area contributed by atoms with Gasteiger partial charge in [-0.15, -0.1) is 0 Å². The third-order valence-corrected chi connectivity index (χ3v) is 5.11. The molecular weight excluding hydrogens is 451 g/mol. The van der Waals surface area contributed by atoms with Crippen LogP contribution in [0.5, 0.6) is 11.5 Å². The molecule has 4 rings (SSSR count). The number of aromatic nitrogens is 2. The van der Waals surface area contributed by atoms with Crippen LogP contribution >= 0.6 is 11.6 Å². The van der Waals surface area contributed by atoms with Gasteiger partial charge in [0.05, 0.1) is 22.4 Å². The van der Waals surface area contributed by atoms with Gasteiger partial charge in [0.15, 0.2) is 0 Å². The van der Waals surface area contributed by atoms with Gasteiger partial charge in [-0.2, -0.15) is 5.10 Å². The Balaban J connectivity index is 1.56. The number of H-pyrrole nitrogens is 1. The fraction of sp³-hybridized carbons (Fsp3) is 0.0435. The minimum Gasteiger partial charge on any atom is -0.457 e. The molecule has 0 aliphatic rings. The van der Waals surface area contributed by atoms with Crippen molar-refractivity contribution < 1.29 is 18.8 Å². The number of hydrogen-bond donors (Lipinski definition) is 2. The molecule has 0 saturated carbocycles. The lowest BCUT2D eigenvalue weighted by Crippen LogP contribution is -2.12. The molecule has 0 aliphatic heterocycles. The summed E-state index contributed by atoms with van der Waals surface area (Å²) in [6.07, 6.45) is 0. The highest BCUT2D eigenvalue weighted by molar-refractivity contribution is 6.31. The number of aromatic amines is 1. The summed E-state index contributed by atoms with van der Waals surface area (Å²) in [5.41, 5.74) is 1.87. The number of aryl methyl sites for hydroxylation is 1. The summed E-state index contributed by atoms with van der Waals surface area (Å²) in [5, 5.41) is 21.2. The van der Waals surface area contributed by atoms with Crippen LogP contribution in [0.2, 0.25) is 5.02 Å². The molecule has 33 heavy (non-hydrogen) atoms. The standard InChI is InChI=1S/C23H16ClFN4O4/c1-13-8-18(6-7-20(13)24)33-19-10-16(9-17(11-19)29(31)32)26-23(30)22-12-21(27-28-22)14-2-4-15(25)5-3-14/h2-12H,1H3,(H,26,30)(H,27,28). The van der Waals surface area contributed by atoms with E-state index in [4.69, 9.17) is 16.3 Å². The van der Waals surface area contributed by atoms with E-state index in [2.05, 4.69) is 15.5 Å². The molecule has 0 bridgehead atoms. The fourth-order valence-corrected chi connectivity index (χ4v) is 3.16. The number of nitrogens with zero attached hydrogens (tertiary/aromatic N) is 2. The fourth-order valence-electron chi connectivity index (χ4n) is 3.04. The SMILES string of the molecule is Cc1cc(Oc2cc(NC(=O)c3cc(-c4ccc(F)cc4)n[nH]3)cc([N+](=O)[O-])c2)ccc1Cl. The van der Waals surface area contributed by atoms with Gasteiger partial charge in [0, 0.05) is 22.7 Å². The normalized spacial score (nSPS) is 10.6. The predicted octanol–water partition coefficient (Wildman–Crippen LogP) is 6.13. The summed E-state index contributed by atoms with van der Waals surface area (Å²) < 4.78 is 18.9. The van der Waals surface area contributed by atoms with Crippen LogP contribution in [0.25, 0.3) is 11.3 Å². The van der Waals surface area contributed by atoms with E-state index in [1.54, 1.807) is 25.1 Å². The molecule has 1 heterocycles. The van der Waals surface area contributed by atoms with Gasteiger partial charge in [0.25, 0.3) is 11.6 Å². The van der Waals surface area contributed by atoms with Gasteiger partial charge in [-0.1, -0.05) is 11.6 Å². The number of hydrogen-bond acceptors (Lipinski definition) is 5. The molecule has 0 unspecified atom stereocenters. The Morgan fingerprint density at radius 1 is 1.09 bits per heavy atom. The maximum atomic E-state index is 13.1. The monoisotopic (exact) mass is 466 g/mol. The molecule has 166 valence electrons. The van der Waals surface area contributed by atoms with Crippen molar-refractivity contribution in [1.82, 2.24) is 10.2 Å². The third kappa shape index (κ3) is 5.16. The average molecular weight is 467 g/mol. The highest BCUT2D eigenvalue weighted by atomic mass is 35.5. The molecule has 10 heteroatoms. The highest BCUT2D eigenvalue weighted by Gasteiger charge is 2.16. The second-order valence-electron chi connectivity index (χ2n) is 7.11. The molecule has 0 saturated heterocycles. The Bertz CT molecular complexity index is 1360. The zero-order valence-corrected chi connectivity index (χ0v) is 17.9. The lowest BCUT2D eigenvalue weighted by atomic mass is 10.1. The number of carbonyl (C=O) groups excluding carboxylic acids is 1. The van der Waals surface area contributed by atoms with Crippen LogP contribution in [0.15, 0.2) is 66.7 Å². The first kappa shape index (κ1) is 22.0. The Morgan fingerprint density at radius 3 is 2.55 bits per heavy atom. The molecule has 3 aromatic carbocycles. The molecule has 0 aliphatic carbocycles. The first-order valence-corrected chi connectivity index (χ1v) is 10.0. The molecule has 2 N–H and O–H groups in total. The molecule has 0 spiro atoms. The van der Waals surface area contributed by atoms with Gasteiger partial charge in [0.2, 0.25) is 0 Å². The number of nitrogens with one attached hydrogen (secondary N) is 2. The van der Waals surface area contributed by atoms with Gasteiger partial charge in [0.1, 0.15) is 23.0 Å². The molecule has 1 aromatic heterocycles. The van der Waals surface area contributed by atoms with Crippen molar-refractivity contribution in [3.8, 4) is 22.8 Å². The Kier molecular flexibility index (Phi) is 6.05. The number of amides is 1. The van der Waals surface area contributed by atoms with Gasteiger partial charge >= 0.3 is 0 Å². The summed E-state index contributed by atoms with van der Waals surface area (Å²) in [5.74, 6) is -0.348. The maximum Gasteiger partial charge on any atom is 0.275 e. The number of anilines is 1. The van der Waals surface area contributed by atoms with Gasteiger partial charge in [-0.05, 0) is 61.0 Å². The van der Waals surface area contributed by atoms with Crippen LogP contribution in [0.4, 0.5) is 15.8 Å². The van der Waals surface area contributed by atoms with Crippen molar-refractivity contribution >= 4 is 28.9 Å². The maximum absolute atomic E-state index is 13.1. The average Bonchev–Trinajstić information content (AvgIpc) is 3.27. The summed E-state index contributed by atoms with van der Waals surface area (Å²) >= 11 is 6.02. The number of nitro groups is 1. The van der Waals surface area contributed by atoms with Crippen molar-refractivity contribution in [3.05, 3.63) is 98.9 Å². The second-order valence-corrected chi connectivity index (χ2v) is 7.52. The van der Waals surface area contributed by atoms with Crippen molar-refractivity contribution in [3.63, 3.8) is 0 Å². The lowest BCUT2D eigenvalue weighted by molar-refractivity contribution is -0.384. The number of carbonyl (C=O) groups is 1. The van der Waals surface area contributed by atoms with Crippen molar-refractivity contribution in [2.24, 2.45) is 0 Å². The first-order chi connectivity index (χ1) is 15.8. The van der Waals surface area contributed by atoms with E-state index in [9.17, 15) is 19.3 Å². The molecule has 1 amide bonds. The van der Waals surface area contributed by atoms with Crippen LogP contribution in [0.1, 0.15) is 16.1 Å². The summed E-state index contributed by atoms with van der Waals surface area (Å²) in [7, 11) is 0. The Labute approximate surface area is 192 Å². The van der Waals surface area contributed by atoms with E-state index in [1.807, 2.05) is 0 Å². The second kappa shape index (κ2) is 9.09. The van der Waals surface area contributed by atoms with Crippen molar-refractivity contribution in [1.29, 1.82) is 0 Å². The third-order valence-electron chi connectivity index (χ3n) is 4.69. The number of rotatable bonds is 6. The minimum atomic E-state index is -0.585. The number of halogens is 2. The number of nitro benzene ring substituents is 1. The zero-order chi connectivity index (χ0) is 23.5. The van der Waals surface area contributed by atoms with E-state index in [1.165, 1.54) is 48.5 Å². The molecule has 8 nitrogen and oxygen atoms in total. The summed E-state index contributed by atoms with van der Waals surface area (Å²) in [6, 6.07) is 16.1. The largest absolute Gasteiger partial charge is 0.457 e. The lowest BCUT2D eigenvalue weighted by Gasteiger charge is -2.10. The van der Waals surface area contributed by atoms with Gasteiger partial charge < -0.3 is 10.1 Å².